The van der Waals surface area contributed by atoms with Crippen LogP contribution in [0.1, 0.15) is 18.9 Å². The Balaban J connectivity index is 2.62. The molecule has 0 unspecified atom stereocenters. The molecule has 0 aromatic heterocycles. The largest absolute Gasteiger partial charge is 0.396 e. The van der Waals surface area contributed by atoms with E-state index in [1.807, 2.05) is 0 Å². The van der Waals surface area contributed by atoms with E-state index in [0.717, 1.165) is 25.1 Å². The molecule has 4 heteroatoms. The van der Waals surface area contributed by atoms with Crippen LogP contribution in [0, 0.1) is 5.82 Å². The summed E-state index contributed by atoms with van der Waals surface area (Å²) in [5.74, 6) is -0.313. The van der Waals surface area contributed by atoms with Crippen molar-refractivity contribution in [3.05, 3.63) is 34.6 Å². The van der Waals surface area contributed by atoms with Crippen molar-refractivity contribution in [3.63, 3.8) is 0 Å². The minimum Gasteiger partial charge on any atom is -0.396 e. The number of aliphatic hydroxyl groups excluding tert-OH is 1. The van der Waals surface area contributed by atoms with Gasteiger partial charge in [0.05, 0.1) is 0 Å². The highest BCUT2D eigenvalue weighted by atomic mass is 35.5. The molecular formula is C12H17ClFNO. The average Bonchev–Trinajstić information content (AvgIpc) is 2.27. The molecule has 0 aliphatic rings. The molecule has 0 heterocycles. The Hall–Kier alpha value is -0.640. The molecule has 90 valence electrons. The van der Waals surface area contributed by atoms with Crippen LogP contribution in [0.15, 0.2) is 18.2 Å². The lowest BCUT2D eigenvalue weighted by Gasteiger charge is -2.20. The van der Waals surface area contributed by atoms with Gasteiger partial charge < -0.3 is 5.11 Å². The normalized spacial score (nSPS) is 11.1. The predicted molar refractivity (Wildman–Crippen MR) is 64.1 cm³/mol. The summed E-state index contributed by atoms with van der Waals surface area (Å²) in [6, 6.07) is 4.46. The molecule has 0 radical (unpaired) electrons. The van der Waals surface area contributed by atoms with Crippen molar-refractivity contribution in [1.29, 1.82) is 0 Å². The standard InChI is InChI=1S/C12H17ClFNO/c1-2-15(6-3-7-16)9-10-4-5-11(14)8-12(10)13/h4-5,8,16H,2-3,6-7,9H2,1H3. The fourth-order valence-electron chi connectivity index (χ4n) is 1.53. The van der Waals surface area contributed by atoms with E-state index in [-0.39, 0.29) is 12.4 Å². The van der Waals surface area contributed by atoms with Crippen molar-refractivity contribution in [2.75, 3.05) is 19.7 Å². The number of benzene rings is 1. The van der Waals surface area contributed by atoms with Gasteiger partial charge in [0.1, 0.15) is 5.82 Å². The third kappa shape index (κ3) is 4.08. The van der Waals surface area contributed by atoms with E-state index >= 15 is 0 Å². The summed E-state index contributed by atoms with van der Waals surface area (Å²) in [6.07, 6.45) is 0.743. The molecule has 0 saturated carbocycles. The number of hydrogen-bond acceptors (Lipinski definition) is 2. The summed E-state index contributed by atoms with van der Waals surface area (Å²) in [4.78, 5) is 2.16. The second kappa shape index (κ2) is 6.84. The molecule has 0 amide bonds. The van der Waals surface area contributed by atoms with Gasteiger partial charge in [0.2, 0.25) is 0 Å². The van der Waals surface area contributed by atoms with Crippen LogP contribution in [0.3, 0.4) is 0 Å². The van der Waals surface area contributed by atoms with Gasteiger partial charge in [0.25, 0.3) is 0 Å². The Bertz CT molecular complexity index is 333. The summed E-state index contributed by atoms with van der Waals surface area (Å²) in [5, 5.41) is 9.23. The molecule has 0 fully saturated rings. The highest BCUT2D eigenvalue weighted by molar-refractivity contribution is 6.31. The molecule has 0 bridgehead atoms. The van der Waals surface area contributed by atoms with Crippen LogP contribution in [0.2, 0.25) is 5.02 Å². The van der Waals surface area contributed by atoms with Gasteiger partial charge >= 0.3 is 0 Å². The highest BCUT2D eigenvalue weighted by Gasteiger charge is 2.07. The van der Waals surface area contributed by atoms with Crippen LogP contribution in [0.4, 0.5) is 4.39 Å². The van der Waals surface area contributed by atoms with Gasteiger partial charge in [0.15, 0.2) is 0 Å². The monoisotopic (exact) mass is 245 g/mol. The maximum Gasteiger partial charge on any atom is 0.124 e. The Labute approximate surface area is 101 Å². The minimum absolute atomic E-state index is 0.188. The topological polar surface area (TPSA) is 23.5 Å². The van der Waals surface area contributed by atoms with Crippen molar-refractivity contribution < 1.29 is 9.50 Å². The van der Waals surface area contributed by atoms with Crippen LogP contribution in [-0.2, 0) is 6.54 Å². The van der Waals surface area contributed by atoms with Gasteiger partial charge in [-0.15, -0.1) is 0 Å². The maximum atomic E-state index is 12.8. The summed E-state index contributed by atoms with van der Waals surface area (Å²) >= 11 is 5.95. The molecule has 1 rings (SSSR count). The van der Waals surface area contributed by atoms with Gasteiger partial charge in [-0.1, -0.05) is 24.6 Å². The molecule has 1 N–H and O–H groups in total. The fraction of sp³-hybridized carbons (Fsp3) is 0.500. The average molecular weight is 246 g/mol. The van der Waals surface area contributed by atoms with Crippen LogP contribution in [0.25, 0.3) is 0 Å². The maximum absolute atomic E-state index is 12.8. The quantitative estimate of drug-likeness (QED) is 0.833. The Morgan fingerprint density at radius 3 is 2.75 bits per heavy atom. The molecule has 0 aliphatic heterocycles. The summed E-state index contributed by atoms with van der Waals surface area (Å²) in [7, 11) is 0. The van der Waals surface area contributed by atoms with Crippen LogP contribution >= 0.6 is 11.6 Å². The van der Waals surface area contributed by atoms with E-state index in [4.69, 9.17) is 16.7 Å². The smallest absolute Gasteiger partial charge is 0.124 e. The third-order valence-electron chi connectivity index (χ3n) is 2.49. The Kier molecular flexibility index (Phi) is 5.74. The number of aliphatic hydroxyl groups is 1. The molecule has 0 spiro atoms. The van der Waals surface area contributed by atoms with E-state index in [2.05, 4.69) is 11.8 Å². The van der Waals surface area contributed by atoms with Crippen molar-refractivity contribution in [2.45, 2.75) is 19.9 Å². The van der Waals surface area contributed by atoms with E-state index in [1.165, 1.54) is 12.1 Å². The first kappa shape index (κ1) is 13.4. The molecule has 0 aliphatic carbocycles. The van der Waals surface area contributed by atoms with E-state index in [9.17, 15) is 4.39 Å². The van der Waals surface area contributed by atoms with E-state index in [0.29, 0.717) is 11.6 Å². The van der Waals surface area contributed by atoms with Gasteiger partial charge in [0, 0.05) is 24.7 Å². The first-order chi connectivity index (χ1) is 7.67. The lowest BCUT2D eigenvalue weighted by Crippen LogP contribution is -2.24. The van der Waals surface area contributed by atoms with Crippen molar-refractivity contribution in [3.8, 4) is 0 Å². The van der Waals surface area contributed by atoms with E-state index < -0.39 is 0 Å². The molecule has 16 heavy (non-hydrogen) atoms. The molecule has 0 atom stereocenters. The Morgan fingerprint density at radius 1 is 1.44 bits per heavy atom. The van der Waals surface area contributed by atoms with Gasteiger partial charge in [-0.05, 0) is 30.7 Å². The number of halogens is 2. The molecular weight excluding hydrogens is 229 g/mol. The zero-order valence-corrected chi connectivity index (χ0v) is 10.2. The van der Waals surface area contributed by atoms with Gasteiger partial charge in [-0.25, -0.2) is 4.39 Å². The predicted octanol–water partition coefficient (Wildman–Crippen LogP) is 2.68. The van der Waals surface area contributed by atoms with Crippen LogP contribution in [0.5, 0.6) is 0 Å². The first-order valence-electron chi connectivity index (χ1n) is 5.44. The number of rotatable bonds is 6. The summed E-state index contributed by atoms with van der Waals surface area (Å²) < 4.78 is 12.8. The second-order valence-electron chi connectivity index (χ2n) is 3.68. The minimum atomic E-state index is -0.313. The molecule has 2 nitrogen and oxygen atoms in total. The number of hydrogen-bond donors (Lipinski definition) is 1. The molecule has 0 saturated heterocycles. The first-order valence-corrected chi connectivity index (χ1v) is 5.82. The number of nitrogens with zero attached hydrogens (tertiary/aromatic N) is 1. The highest BCUT2D eigenvalue weighted by Crippen LogP contribution is 2.18. The zero-order chi connectivity index (χ0) is 12.0. The van der Waals surface area contributed by atoms with Crippen molar-refractivity contribution in [2.24, 2.45) is 0 Å². The lowest BCUT2D eigenvalue weighted by atomic mass is 10.2. The fourth-order valence-corrected chi connectivity index (χ4v) is 1.76. The van der Waals surface area contributed by atoms with Crippen molar-refractivity contribution >= 4 is 11.6 Å². The molecule has 1 aromatic rings. The Morgan fingerprint density at radius 2 is 2.19 bits per heavy atom. The molecule has 1 aromatic carbocycles. The van der Waals surface area contributed by atoms with E-state index in [1.54, 1.807) is 6.07 Å². The summed E-state index contributed by atoms with van der Waals surface area (Å²) in [6.45, 7) is 4.63. The summed E-state index contributed by atoms with van der Waals surface area (Å²) in [5.41, 5.74) is 0.919. The van der Waals surface area contributed by atoms with Crippen LogP contribution in [-0.4, -0.2) is 29.7 Å². The third-order valence-corrected chi connectivity index (χ3v) is 2.84. The lowest BCUT2D eigenvalue weighted by molar-refractivity contribution is 0.225. The van der Waals surface area contributed by atoms with Gasteiger partial charge in [-0.3, -0.25) is 4.90 Å². The van der Waals surface area contributed by atoms with Crippen molar-refractivity contribution in [1.82, 2.24) is 4.90 Å². The van der Waals surface area contributed by atoms with Crippen LogP contribution < -0.4 is 0 Å². The SMILES string of the molecule is CCN(CCCO)Cc1ccc(F)cc1Cl. The second-order valence-corrected chi connectivity index (χ2v) is 4.09. The zero-order valence-electron chi connectivity index (χ0n) is 9.42. The van der Waals surface area contributed by atoms with Gasteiger partial charge in [-0.2, -0.15) is 0 Å².